The third-order valence-electron chi connectivity index (χ3n) is 3.56. The Kier molecular flexibility index (Phi) is 6.36. The van der Waals surface area contributed by atoms with Gasteiger partial charge >= 0.3 is 0 Å². The molecule has 0 atom stereocenters. The fourth-order valence-electron chi connectivity index (χ4n) is 2.40. The van der Waals surface area contributed by atoms with Gasteiger partial charge in [0, 0.05) is 24.4 Å². The van der Waals surface area contributed by atoms with Crippen molar-refractivity contribution < 1.29 is 28.9 Å². The van der Waals surface area contributed by atoms with Gasteiger partial charge in [-0.25, -0.2) is 18.6 Å². The van der Waals surface area contributed by atoms with Gasteiger partial charge in [-0.1, -0.05) is 47.6 Å². The average Bonchev–Trinajstić information content (AvgIpc) is 2.32. The molecule has 0 aliphatic carbocycles. The zero-order valence-corrected chi connectivity index (χ0v) is 16.8. The van der Waals surface area contributed by atoms with Crippen molar-refractivity contribution in [1.29, 1.82) is 0 Å². The summed E-state index contributed by atoms with van der Waals surface area (Å²) in [5, 5.41) is 1.43. The van der Waals surface area contributed by atoms with Crippen molar-refractivity contribution in [3.63, 3.8) is 0 Å². The smallest absolute Gasteiger partial charge is 0.222 e. The first-order valence-electron chi connectivity index (χ1n) is 7.59. The minimum atomic E-state index is -4.94. The van der Waals surface area contributed by atoms with E-state index in [0.717, 1.165) is 0 Å². The molecule has 0 saturated carbocycles. The molecule has 4 nitrogen and oxygen atoms in total. The maximum Gasteiger partial charge on any atom is 0.238 e. The van der Waals surface area contributed by atoms with Crippen LogP contribution in [0.15, 0.2) is 24.3 Å². The Labute approximate surface area is 150 Å². The first-order valence-corrected chi connectivity index (χ1v) is 9.64. The minimum Gasteiger partial charge on any atom is -0.222 e. The molecule has 0 aliphatic rings. The van der Waals surface area contributed by atoms with Gasteiger partial charge in [0.2, 0.25) is 20.9 Å². The van der Waals surface area contributed by atoms with Crippen LogP contribution in [-0.2, 0) is 10.8 Å². The predicted octanol–water partition coefficient (Wildman–Crippen LogP) is 1.33. The number of hydrogen-bond acceptors (Lipinski definition) is 4. The molecule has 0 saturated heterocycles. The summed E-state index contributed by atoms with van der Waals surface area (Å²) in [5.41, 5.74) is 3.28. The van der Waals surface area contributed by atoms with E-state index in [1.165, 1.54) is 26.1 Å². The molecule has 0 amide bonds. The van der Waals surface area contributed by atoms with E-state index in [0.29, 0.717) is 0 Å². The Morgan fingerprint density at radius 2 is 1.33 bits per heavy atom. The van der Waals surface area contributed by atoms with Crippen LogP contribution in [0.2, 0.25) is 0 Å². The van der Waals surface area contributed by atoms with Crippen LogP contribution in [-0.4, -0.2) is 0 Å². The molecule has 0 unspecified atom stereocenters. The lowest BCUT2D eigenvalue weighted by atomic mass is 9.82. The molecule has 0 bridgehead atoms. The van der Waals surface area contributed by atoms with Gasteiger partial charge in [-0.15, -0.1) is 10.2 Å². The van der Waals surface area contributed by atoms with Gasteiger partial charge in [-0.2, -0.15) is 0 Å². The van der Waals surface area contributed by atoms with E-state index < -0.39 is 10.2 Å². The van der Waals surface area contributed by atoms with E-state index in [1.54, 1.807) is 0 Å². The molecule has 2 aromatic rings. The molecule has 0 spiro atoms. The Balaban J connectivity index is 0.000000505. The molecule has 2 rings (SSSR count). The topological polar surface area (TPSA) is 92.2 Å². The molecule has 1 aromatic heterocycles. The quantitative estimate of drug-likeness (QED) is 0.652. The molecule has 6 heteroatoms. The lowest BCUT2D eigenvalue weighted by molar-refractivity contribution is -2.00. The summed E-state index contributed by atoms with van der Waals surface area (Å²) in [7, 11) is -4.94. The normalized spacial score (nSPS) is 12.8. The zero-order chi connectivity index (χ0) is 18.9. The van der Waals surface area contributed by atoms with E-state index in [1.807, 2.05) is 11.3 Å². The second-order valence-corrected chi connectivity index (χ2v) is 9.90. The van der Waals surface area contributed by atoms with Crippen LogP contribution in [0.4, 0.5) is 0 Å². The van der Waals surface area contributed by atoms with E-state index in [-0.39, 0.29) is 10.8 Å². The summed E-state index contributed by atoms with van der Waals surface area (Å²) >= 11 is 1.89. The van der Waals surface area contributed by atoms with Crippen molar-refractivity contribution in [3.8, 4) is 0 Å². The van der Waals surface area contributed by atoms with Crippen LogP contribution >= 0.6 is 11.3 Å². The lowest BCUT2D eigenvalue weighted by Gasteiger charge is -2.22. The third kappa shape index (κ3) is 6.59. The number of rotatable bonds is 0. The van der Waals surface area contributed by atoms with Crippen LogP contribution < -0.4 is 18.6 Å². The fraction of sp³-hybridized carbons (Fsp3) is 0.500. The van der Waals surface area contributed by atoms with E-state index in [4.69, 9.17) is 18.6 Å². The number of fused-ring (bicyclic) bond motifs is 1. The Bertz CT molecular complexity index is 704. The molecular formula is C18H25ClO4S. The maximum atomic E-state index is 8.49. The summed E-state index contributed by atoms with van der Waals surface area (Å²) in [6, 6.07) is 9.33. The molecule has 24 heavy (non-hydrogen) atoms. The molecule has 1 heterocycles. The highest BCUT2D eigenvalue weighted by atomic mass is 35.7. The monoisotopic (exact) mass is 372 g/mol. The van der Waals surface area contributed by atoms with Gasteiger partial charge in [-0.05, 0) is 28.0 Å². The van der Waals surface area contributed by atoms with Crippen molar-refractivity contribution >= 4 is 21.4 Å². The van der Waals surface area contributed by atoms with E-state index in [2.05, 4.69) is 72.7 Å². The largest absolute Gasteiger partial charge is 0.238 e. The minimum absolute atomic E-state index is 0.188. The molecule has 0 aliphatic heterocycles. The molecule has 134 valence electrons. The van der Waals surface area contributed by atoms with Crippen LogP contribution in [0.3, 0.4) is 0 Å². The summed E-state index contributed by atoms with van der Waals surface area (Å²) in [6.07, 6.45) is 0. The van der Waals surface area contributed by atoms with Crippen molar-refractivity contribution in [1.82, 2.24) is 0 Å². The standard InChI is InChI=1S/C18H25S.ClHO4/c1-12-10-15(18(5,6)7)14-11-13(17(2,3)4)8-9-16(14)19-12;2-1(3,4)5/h8-11H,1-7H3;(H,2,3,4,5)/q+1;/p-1. The summed E-state index contributed by atoms with van der Waals surface area (Å²) in [6.45, 7) is 15.9. The number of halogens is 1. The molecule has 0 N–H and O–H groups in total. The van der Waals surface area contributed by atoms with Crippen molar-refractivity contribution in [2.45, 2.75) is 59.3 Å². The van der Waals surface area contributed by atoms with Crippen LogP contribution in [0.5, 0.6) is 0 Å². The van der Waals surface area contributed by atoms with Crippen LogP contribution in [0.25, 0.3) is 10.1 Å². The maximum absolute atomic E-state index is 8.49. The van der Waals surface area contributed by atoms with Crippen molar-refractivity contribution in [2.24, 2.45) is 0 Å². The van der Waals surface area contributed by atoms with Gasteiger partial charge < -0.3 is 0 Å². The Morgan fingerprint density at radius 1 is 0.833 bits per heavy atom. The van der Waals surface area contributed by atoms with Crippen molar-refractivity contribution in [3.05, 3.63) is 40.3 Å². The predicted molar refractivity (Wildman–Crippen MR) is 88.4 cm³/mol. The molecule has 1 aromatic carbocycles. The fourth-order valence-corrected chi connectivity index (χ4v) is 3.34. The second-order valence-electron chi connectivity index (χ2n) is 7.86. The van der Waals surface area contributed by atoms with Gasteiger partial charge in [0.15, 0.2) is 0 Å². The first kappa shape index (κ1) is 21.2. The highest BCUT2D eigenvalue weighted by molar-refractivity contribution is 7.18. The van der Waals surface area contributed by atoms with Gasteiger partial charge in [0.05, 0.1) is 0 Å². The third-order valence-corrected chi connectivity index (χ3v) is 4.58. The van der Waals surface area contributed by atoms with Crippen LogP contribution in [0.1, 0.15) is 57.5 Å². The summed E-state index contributed by atoms with van der Waals surface area (Å²) in [5.74, 6) is 0. The second kappa shape index (κ2) is 7.20. The Morgan fingerprint density at radius 3 is 1.75 bits per heavy atom. The van der Waals surface area contributed by atoms with Gasteiger partial charge in [0.25, 0.3) is 0 Å². The van der Waals surface area contributed by atoms with Gasteiger partial charge in [0.1, 0.15) is 0 Å². The highest BCUT2D eigenvalue weighted by Crippen LogP contribution is 2.36. The number of aryl methyl sites for hydroxylation is 1. The summed E-state index contributed by atoms with van der Waals surface area (Å²) in [4.78, 5) is 1.39. The highest BCUT2D eigenvalue weighted by Gasteiger charge is 2.24. The van der Waals surface area contributed by atoms with E-state index in [9.17, 15) is 0 Å². The summed E-state index contributed by atoms with van der Waals surface area (Å²) < 4.78 is 35.4. The zero-order valence-electron chi connectivity index (χ0n) is 15.2. The molecular weight excluding hydrogens is 348 g/mol. The van der Waals surface area contributed by atoms with E-state index >= 15 is 0 Å². The number of hydrogen-bond donors (Lipinski definition) is 0. The Hall–Kier alpha value is -0.820. The lowest BCUT2D eigenvalue weighted by Crippen LogP contribution is -2.68. The molecule has 0 radical (unpaired) electrons. The first-order chi connectivity index (χ1) is 10.6. The molecule has 0 fully saturated rings. The van der Waals surface area contributed by atoms with Gasteiger partial charge in [-0.3, -0.25) is 0 Å². The average molecular weight is 373 g/mol. The van der Waals surface area contributed by atoms with Crippen LogP contribution in [0, 0.1) is 17.2 Å². The van der Waals surface area contributed by atoms with Crippen molar-refractivity contribution in [2.75, 3.05) is 0 Å². The number of benzene rings is 1. The SMILES string of the molecule is Cc1cc(C(C)(C)C)c2cc(C(C)(C)C)ccc2[s+]1.[O-][Cl+3]([O-])([O-])[O-].